The van der Waals surface area contributed by atoms with Crippen LogP contribution in [0.2, 0.25) is 0 Å². The maximum Gasteiger partial charge on any atom is 0.310 e. The van der Waals surface area contributed by atoms with E-state index in [1.807, 2.05) is 59.2 Å². The van der Waals surface area contributed by atoms with Crippen molar-refractivity contribution < 1.29 is 19.0 Å². The van der Waals surface area contributed by atoms with Crippen LogP contribution in [-0.4, -0.2) is 36.3 Å². The number of carbonyl (C=O) groups excluding carboxylic acids is 1. The van der Waals surface area contributed by atoms with Crippen molar-refractivity contribution in [3.05, 3.63) is 72.6 Å². The van der Waals surface area contributed by atoms with Crippen molar-refractivity contribution in [3.63, 3.8) is 0 Å². The minimum Gasteiger partial charge on any atom is -0.497 e. The maximum absolute atomic E-state index is 11.7. The second kappa shape index (κ2) is 8.92. The Balaban J connectivity index is 1.63. The lowest BCUT2D eigenvalue weighted by atomic mass is 10.0. The van der Waals surface area contributed by atoms with Crippen LogP contribution in [0.3, 0.4) is 0 Å². The van der Waals surface area contributed by atoms with E-state index in [0.29, 0.717) is 6.61 Å². The van der Waals surface area contributed by atoms with Gasteiger partial charge in [0.1, 0.15) is 17.8 Å². The van der Waals surface area contributed by atoms with E-state index >= 15 is 0 Å². The summed E-state index contributed by atoms with van der Waals surface area (Å²) in [6.07, 6.45) is 2.08. The number of nitrogens with zero attached hydrogens (tertiary/aromatic N) is 2. The third kappa shape index (κ3) is 4.23. The lowest BCUT2D eigenvalue weighted by Crippen LogP contribution is -2.07. The van der Waals surface area contributed by atoms with Gasteiger partial charge in [0.15, 0.2) is 0 Å². The van der Waals surface area contributed by atoms with Crippen LogP contribution in [0.5, 0.6) is 11.5 Å². The van der Waals surface area contributed by atoms with Gasteiger partial charge in [-0.3, -0.25) is 9.36 Å². The average molecular weight is 416 g/mol. The summed E-state index contributed by atoms with van der Waals surface area (Å²) in [4.78, 5) is 16.3. The van der Waals surface area contributed by atoms with Crippen molar-refractivity contribution in [1.29, 1.82) is 0 Å². The largest absolute Gasteiger partial charge is 0.497 e. The summed E-state index contributed by atoms with van der Waals surface area (Å²) in [6.45, 7) is 2.20. The first-order valence-electron chi connectivity index (χ1n) is 10.1. The monoisotopic (exact) mass is 416 g/mol. The topological polar surface area (TPSA) is 62.6 Å². The fourth-order valence-electron chi connectivity index (χ4n) is 3.58. The van der Waals surface area contributed by atoms with Crippen molar-refractivity contribution in [3.8, 4) is 28.3 Å². The Bertz CT molecular complexity index is 1210. The molecule has 4 rings (SSSR count). The number of benzene rings is 3. The molecule has 0 spiro atoms. The molecule has 0 N–H and O–H groups in total. The van der Waals surface area contributed by atoms with E-state index < -0.39 is 0 Å². The SMILES string of the molecule is CCOC(=O)Cc1ccc(-n2cnc3cc(-c4ccc(OC)cc4OC)ccc32)cc1. The van der Waals surface area contributed by atoms with Crippen molar-refractivity contribution in [2.45, 2.75) is 13.3 Å². The lowest BCUT2D eigenvalue weighted by molar-refractivity contribution is -0.142. The summed E-state index contributed by atoms with van der Waals surface area (Å²) < 4.78 is 17.9. The first-order valence-corrected chi connectivity index (χ1v) is 10.1. The number of rotatable bonds is 7. The molecule has 1 heterocycles. The molecule has 6 nitrogen and oxygen atoms in total. The van der Waals surface area contributed by atoms with E-state index in [2.05, 4.69) is 11.1 Å². The molecule has 0 saturated heterocycles. The number of hydrogen-bond donors (Lipinski definition) is 0. The zero-order valence-electron chi connectivity index (χ0n) is 17.8. The molecule has 0 radical (unpaired) electrons. The molecule has 3 aromatic carbocycles. The zero-order valence-corrected chi connectivity index (χ0v) is 17.8. The third-order valence-corrected chi connectivity index (χ3v) is 5.14. The lowest BCUT2D eigenvalue weighted by Gasteiger charge is -2.11. The standard InChI is InChI=1S/C25H24N2O4/c1-4-31-25(28)13-17-5-8-19(9-6-17)27-16-26-22-14-18(7-12-23(22)27)21-11-10-20(29-2)15-24(21)30-3/h5-12,14-16H,4,13H2,1-3H3. The second-order valence-electron chi connectivity index (χ2n) is 7.03. The molecule has 0 unspecified atom stereocenters. The van der Waals surface area contributed by atoms with E-state index in [-0.39, 0.29) is 12.4 Å². The molecule has 4 aromatic rings. The van der Waals surface area contributed by atoms with Gasteiger partial charge in [0.2, 0.25) is 0 Å². The van der Waals surface area contributed by atoms with Gasteiger partial charge in [0, 0.05) is 17.3 Å². The fraction of sp³-hybridized carbons (Fsp3) is 0.200. The molecule has 0 amide bonds. The summed E-state index contributed by atoms with van der Waals surface area (Å²) in [5, 5.41) is 0. The molecular formula is C25H24N2O4. The van der Waals surface area contributed by atoms with E-state index in [1.165, 1.54) is 0 Å². The predicted octanol–water partition coefficient (Wildman–Crippen LogP) is 4.82. The molecule has 0 aliphatic rings. The van der Waals surface area contributed by atoms with Crippen molar-refractivity contribution >= 4 is 17.0 Å². The minimum atomic E-state index is -0.218. The number of carbonyl (C=O) groups is 1. The van der Waals surface area contributed by atoms with E-state index in [4.69, 9.17) is 14.2 Å². The van der Waals surface area contributed by atoms with E-state index in [1.54, 1.807) is 27.5 Å². The van der Waals surface area contributed by atoms with Crippen LogP contribution in [0.15, 0.2) is 67.0 Å². The molecule has 0 saturated carbocycles. The highest BCUT2D eigenvalue weighted by molar-refractivity contribution is 5.85. The Labute approximate surface area is 181 Å². The van der Waals surface area contributed by atoms with Crippen LogP contribution in [0, 0.1) is 0 Å². The van der Waals surface area contributed by atoms with Gasteiger partial charge in [0.05, 0.1) is 38.3 Å². The van der Waals surface area contributed by atoms with Crippen LogP contribution in [0.4, 0.5) is 0 Å². The van der Waals surface area contributed by atoms with E-state index in [0.717, 1.165) is 44.9 Å². The fourth-order valence-corrected chi connectivity index (χ4v) is 3.58. The Kier molecular flexibility index (Phi) is 5.89. The number of ether oxygens (including phenoxy) is 3. The molecule has 6 heteroatoms. The third-order valence-electron chi connectivity index (χ3n) is 5.14. The van der Waals surface area contributed by atoms with Gasteiger partial charge in [-0.25, -0.2) is 4.98 Å². The van der Waals surface area contributed by atoms with Crippen LogP contribution in [0.25, 0.3) is 27.8 Å². The Morgan fingerprint density at radius 3 is 2.48 bits per heavy atom. The molecule has 158 valence electrons. The smallest absolute Gasteiger partial charge is 0.310 e. The summed E-state index contributed by atoms with van der Waals surface area (Å²) >= 11 is 0. The summed E-state index contributed by atoms with van der Waals surface area (Å²) in [5.41, 5.74) is 5.76. The van der Waals surface area contributed by atoms with Crippen molar-refractivity contribution in [2.75, 3.05) is 20.8 Å². The van der Waals surface area contributed by atoms with Gasteiger partial charge in [0.25, 0.3) is 0 Å². The first kappa shape index (κ1) is 20.5. The highest BCUT2D eigenvalue weighted by Gasteiger charge is 2.11. The van der Waals surface area contributed by atoms with Gasteiger partial charge in [-0.15, -0.1) is 0 Å². The van der Waals surface area contributed by atoms with E-state index in [9.17, 15) is 4.79 Å². The first-order chi connectivity index (χ1) is 15.1. The summed E-state index contributed by atoms with van der Waals surface area (Å²) in [7, 11) is 3.29. The van der Waals surface area contributed by atoms with Crippen LogP contribution in [-0.2, 0) is 16.0 Å². The Morgan fingerprint density at radius 1 is 0.968 bits per heavy atom. The van der Waals surface area contributed by atoms with Crippen molar-refractivity contribution in [2.24, 2.45) is 0 Å². The highest BCUT2D eigenvalue weighted by Crippen LogP contribution is 2.34. The Hall–Kier alpha value is -3.80. The molecular weight excluding hydrogens is 392 g/mol. The molecule has 31 heavy (non-hydrogen) atoms. The maximum atomic E-state index is 11.7. The van der Waals surface area contributed by atoms with Crippen LogP contribution in [0.1, 0.15) is 12.5 Å². The number of methoxy groups -OCH3 is 2. The molecule has 0 aliphatic heterocycles. The molecule has 0 bridgehead atoms. The summed E-state index contributed by atoms with van der Waals surface area (Å²) in [6, 6.07) is 19.8. The Morgan fingerprint density at radius 2 is 1.77 bits per heavy atom. The molecule has 0 aliphatic carbocycles. The van der Waals surface area contributed by atoms with Gasteiger partial charge in [-0.2, -0.15) is 0 Å². The quantitative estimate of drug-likeness (QED) is 0.405. The number of hydrogen-bond acceptors (Lipinski definition) is 5. The van der Waals surface area contributed by atoms with Crippen LogP contribution < -0.4 is 9.47 Å². The number of imidazole rings is 1. The highest BCUT2D eigenvalue weighted by atomic mass is 16.5. The van der Waals surface area contributed by atoms with Gasteiger partial charge in [-0.1, -0.05) is 18.2 Å². The normalized spacial score (nSPS) is 10.8. The second-order valence-corrected chi connectivity index (χ2v) is 7.03. The predicted molar refractivity (Wildman–Crippen MR) is 120 cm³/mol. The van der Waals surface area contributed by atoms with Crippen molar-refractivity contribution in [1.82, 2.24) is 9.55 Å². The van der Waals surface area contributed by atoms with Gasteiger partial charge in [-0.05, 0) is 54.4 Å². The molecule has 1 aromatic heterocycles. The average Bonchev–Trinajstić information content (AvgIpc) is 3.22. The molecule has 0 atom stereocenters. The minimum absolute atomic E-state index is 0.218. The number of esters is 1. The summed E-state index contributed by atoms with van der Waals surface area (Å²) in [5.74, 6) is 1.28. The van der Waals surface area contributed by atoms with Gasteiger partial charge >= 0.3 is 5.97 Å². The zero-order chi connectivity index (χ0) is 21.8. The van der Waals surface area contributed by atoms with Gasteiger partial charge < -0.3 is 14.2 Å². The van der Waals surface area contributed by atoms with Crippen LogP contribution >= 0.6 is 0 Å². The number of aromatic nitrogens is 2. The molecule has 0 fully saturated rings. The number of fused-ring (bicyclic) bond motifs is 1.